The molecule has 1 N–H and O–H groups in total. The molecule has 0 atom stereocenters. The van der Waals surface area contributed by atoms with E-state index in [2.05, 4.69) is 5.32 Å². The van der Waals surface area contributed by atoms with Crippen molar-refractivity contribution in [1.29, 1.82) is 0 Å². The summed E-state index contributed by atoms with van der Waals surface area (Å²) in [6, 6.07) is 4.84. The maximum atomic E-state index is 13.1. The lowest BCUT2D eigenvalue weighted by atomic mass is 9.88. The Hall–Kier alpha value is -1.35. The fraction of sp³-hybridized carbons (Fsp3) is 0.429. The molecule has 1 saturated heterocycles. The second kappa shape index (κ2) is 4.15. The lowest BCUT2D eigenvalue weighted by Crippen LogP contribution is -2.26. The van der Waals surface area contributed by atoms with Crippen molar-refractivity contribution >= 4 is 11.0 Å². The van der Waals surface area contributed by atoms with Crippen LogP contribution < -0.4 is 5.32 Å². The van der Waals surface area contributed by atoms with Crippen LogP contribution in [0.15, 0.2) is 22.6 Å². The van der Waals surface area contributed by atoms with E-state index in [9.17, 15) is 4.39 Å². The van der Waals surface area contributed by atoms with Gasteiger partial charge < -0.3 is 9.73 Å². The fourth-order valence-corrected chi connectivity index (χ4v) is 2.83. The van der Waals surface area contributed by atoms with E-state index in [1.165, 1.54) is 17.7 Å². The summed E-state index contributed by atoms with van der Waals surface area (Å²) in [4.78, 5) is 0. The maximum absolute atomic E-state index is 13.1. The number of aryl methyl sites for hydroxylation is 1. The molecule has 0 saturated carbocycles. The molecule has 1 aliphatic rings. The van der Waals surface area contributed by atoms with Gasteiger partial charge in [-0.1, -0.05) is 0 Å². The van der Waals surface area contributed by atoms with Crippen LogP contribution in [-0.4, -0.2) is 13.1 Å². The first kappa shape index (κ1) is 10.8. The zero-order valence-electron chi connectivity index (χ0n) is 9.92. The van der Waals surface area contributed by atoms with Crippen molar-refractivity contribution in [3.05, 3.63) is 35.3 Å². The molecular formula is C14H16FNO. The molecule has 3 heteroatoms. The summed E-state index contributed by atoms with van der Waals surface area (Å²) < 4.78 is 18.8. The van der Waals surface area contributed by atoms with Gasteiger partial charge in [-0.2, -0.15) is 0 Å². The first-order valence-corrected chi connectivity index (χ1v) is 6.15. The largest absolute Gasteiger partial charge is 0.461 e. The number of hydrogen-bond donors (Lipinski definition) is 1. The van der Waals surface area contributed by atoms with Crippen molar-refractivity contribution in [2.24, 2.45) is 0 Å². The summed E-state index contributed by atoms with van der Waals surface area (Å²) in [7, 11) is 0. The molecule has 0 spiro atoms. The van der Waals surface area contributed by atoms with Gasteiger partial charge in [-0.3, -0.25) is 0 Å². The summed E-state index contributed by atoms with van der Waals surface area (Å²) in [5, 5.41) is 4.44. The van der Waals surface area contributed by atoms with Gasteiger partial charge in [-0.25, -0.2) is 4.39 Å². The minimum atomic E-state index is -0.233. The molecule has 90 valence electrons. The number of halogens is 1. The number of fused-ring (bicyclic) bond motifs is 1. The average Bonchev–Trinajstić information content (AvgIpc) is 2.65. The first-order valence-electron chi connectivity index (χ1n) is 6.15. The van der Waals surface area contributed by atoms with Gasteiger partial charge in [-0.05, 0) is 50.9 Å². The summed E-state index contributed by atoms with van der Waals surface area (Å²) in [6.45, 7) is 4.09. The van der Waals surface area contributed by atoms with Crippen molar-refractivity contribution in [2.75, 3.05) is 13.1 Å². The second-order valence-electron chi connectivity index (χ2n) is 4.74. The Morgan fingerprint density at radius 3 is 2.82 bits per heavy atom. The Kier molecular flexibility index (Phi) is 2.63. The summed E-state index contributed by atoms with van der Waals surface area (Å²) in [5.74, 6) is 1.25. The third-order valence-corrected chi connectivity index (χ3v) is 3.62. The molecule has 1 aliphatic heterocycles. The van der Waals surface area contributed by atoms with Gasteiger partial charge in [0.15, 0.2) is 0 Å². The molecule has 0 unspecified atom stereocenters. The molecule has 0 radical (unpaired) electrons. The second-order valence-corrected chi connectivity index (χ2v) is 4.74. The predicted molar refractivity (Wildman–Crippen MR) is 65.8 cm³/mol. The van der Waals surface area contributed by atoms with Crippen LogP contribution >= 0.6 is 0 Å². The molecule has 17 heavy (non-hydrogen) atoms. The van der Waals surface area contributed by atoms with E-state index in [4.69, 9.17) is 4.42 Å². The fourth-order valence-electron chi connectivity index (χ4n) is 2.83. The summed E-state index contributed by atoms with van der Waals surface area (Å²) >= 11 is 0. The molecule has 1 aromatic carbocycles. The Labute approximate surface area is 99.8 Å². The highest BCUT2D eigenvalue weighted by Crippen LogP contribution is 2.36. The molecule has 2 nitrogen and oxygen atoms in total. The number of nitrogens with one attached hydrogen (secondary N) is 1. The zero-order chi connectivity index (χ0) is 11.8. The van der Waals surface area contributed by atoms with Crippen molar-refractivity contribution in [3.63, 3.8) is 0 Å². The van der Waals surface area contributed by atoms with Gasteiger partial charge in [0.2, 0.25) is 0 Å². The van der Waals surface area contributed by atoms with Crippen LogP contribution in [0, 0.1) is 12.7 Å². The van der Waals surface area contributed by atoms with Crippen LogP contribution in [-0.2, 0) is 0 Å². The SMILES string of the molecule is Cc1oc2cc(F)ccc2c1C1CCNCC1. The van der Waals surface area contributed by atoms with Crippen LogP contribution in [0.3, 0.4) is 0 Å². The Morgan fingerprint density at radius 2 is 2.06 bits per heavy atom. The maximum Gasteiger partial charge on any atom is 0.137 e. The number of hydrogen-bond acceptors (Lipinski definition) is 2. The molecule has 2 aromatic rings. The van der Waals surface area contributed by atoms with Gasteiger partial charge in [0.25, 0.3) is 0 Å². The van der Waals surface area contributed by atoms with E-state index >= 15 is 0 Å². The number of piperidine rings is 1. The molecule has 1 fully saturated rings. The lowest BCUT2D eigenvalue weighted by Gasteiger charge is -2.22. The highest BCUT2D eigenvalue weighted by atomic mass is 19.1. The summed E-state index contributed by atoms with van der Waals surface area (Å²) in [5.41, 5.74) is 1.96. The highest BCUT2D eigenvalue weighted by molar-refractivity contribution is 5.83. The van der Waals surface area contributed by atoms with E-state index in [1.54, 1.807) is 0 Å². The molecule has 3 rings (SSSR count). The number of benzene rings is 1. The molecule has 1 aromatic heterocycles. The lowest BCUT2D eigenvalue weighted by molar-refractivity contribution is 0.452. The highest BCUT2D eigenvalue weighted by Gasteiger charge is 2.22. The van der Waals surface area contributed by atoms with Gasteiger partial charge in [0, 0.05) is 17.0 Å². The van der Waals surface area contributed by atoms with E-state index in [0.29, 0.717) is 11.5 Å². The van der Waals surface area contributed by atoms with Gasteiger partial charge in [0.1, 0.15) is 17.2 Å². The van der Waals surface area contributed by atoms with Crippen molar-refractivity contribution in [3.8, 4) is 0 Å². The Balaban J connectivity index is 2.11. The Morgan fingerprint density at radius 1 is 1.29 bits per heavy atom. The van der Waals surface area contributed by atoms with Gasteiger partial charge in [-0.15, -0.1) is 0 Å². The van der Waals surface area contributed by atoms with Crippen LogP contribution in [0.4, 0.5) is 4.39 Å². The average molecular weight is 233 g/mol. The number of rotatable bonds is 1. The molecule has 0 aliphatic carbocycles. The quantitative estimate of drug-likeness (QED) is 0.817. The van der Waals surface area contributed by atoms with Crippen molar-refractivity contribution in [2.45, 2.75) is 25.7 Å². The predicted octanol–water partition coefficient (Wildman–Crippen LogP) is 3.35. The molecular weight excluding hydrogens is 217 g/mol. The van der Waals surface area contributed by atoms with E-state index in [1.807, 2.05) is 13.0 Å². The van der Waals surface area contributed by atoms with Crippen LogP contribution in [0.25, 0.3) is 11.0 Å². The molecule has 2 heterocycles. The minimum Gasteiger partial charge on any atom is -0.461 e. The van der Waals surface area contributed by atoms with Crippen LogP contribution in [0.1, 0.15) is 30.1 Å². The van der Waals surface area contributed by atoms with E-state index < -0.39 is 0 Å². The third-order valence-electron chi connectivity index (χ3n) is 3.62. The molecule has 0 bridgehead atoms. The number of furan rings is 1. The molecule has 0 amide bonds. The van der Waals surface area contributed by atoms with Crippen LogP contribution in [0.2, 0.25) is 0 Å². The van der Waals surface area contributed by atoms with Crippen LogP contribution in [0.5, 0.6) is 0 Å². The standard InChI is InChI=1S/C14H16FNO/c1-9-14(10-4-6-16-7-5-10)12-3-2-11(15)8-13(12)17-9/h2-3,8,10,16H,4-7H2,1H3. The smallest absolute Gasteiger partial charge is 0.137 e. The Bertz CT molecular complexity index is 540. The zero-order valence-corrected chi connectivity index (χ0v) is 9.92. The van der Waals surface area contributed by atoms with Crippen molar-refractivity contribution < 1.29 is 8.81 Å². The monoisotopic (exact) mass is 233 g/mol. The topological polar surface area (TPSA) is 25.2 Å². The van der Waals surface area contributed by atoms with E-state index in [-0.39, 0.29) is 5.82 Å². The minimum absolute atomic E-state index is 0.233. The van der Waals surface area contributed by atoms with E-state index in [0.717, 1.165) is 37.1 Å². The summed E-state index contributed by atoms with van der Waals surface area (Å²) in [6.07, 6.45) is 2.26. The third kappa shape index (κ3) is 1.84. The van der Waals surface area contributed by atoms with Crippen molar-refractivity contribution in [1.82, 2.24) is 5.32 Å². The van der Waals surface area contributed by atoms with Gasteiger partial charge in [0.05, 0.1) is 0 Å². The van der Waals surface area contributed by atoms with Gasteiger partial charge >= 0.3 is 0 Å². The normalized spacial score (nSPS) is 17.8. The first-order chi connectivity index (χ1) is 8.25.